The summed E-state index contributed by atoms with van der Waals surface area (Å²) in [6, 6.07) is 9.99. The molecule has 1 amide bonds. The number of amides is 1. The van der Waals surface area contributed by atoms with E-state index in [-0.39, 0.29) is 17.8 Å². The van der Waals surface area contributed by atoms with Crippen molar-refractivity contribution in [2.75, 3.05) is 19.7 Å². The van der Waals surface area contributed by atoms with Crippen molar-refractivity contribution in [3.05, 3.63) is 35.9 Å². The van der Waals surface area contributed by atoms with Crippen molar-refractivity contribution in [3.63, 3.8) is 0 Å². The van der Waals surface area contributed by atoms with E-state index in [0.717, 1.165) is 19.3 Å². The number of esters is 1. The van der Waals surface area contributed by atoms with Gasteiger partial charge in [-0.3, -0.25) is 9.59 Å². The molecule has 0 saturated carbocycles. The predicted octanol–water partition coefficient (Wildman–Crippen LogP) is 2.42. The Kier molecular flexibility index (Phi) is 5.78. The van der Waals surface area contributed by atoms with E-state index < -0.39 is 0 Å². The third-order valence-corrected chi connectivity index (χ3v) is 3.79. The van der Waals surface area contributed by atoms with Gasteiger partial charge >= 0.3 is 5.97 Å². The van der Waals surface area contributed by atoms with Gasteiger partial charge in [-0.25, -0.2) is 0 Å². The fraction of sp³-hybridized carbons (Fsp3) is 0.529. The van der Waals surface area contributed by atoms with Crippen LogP contribution in [-0.4, -0.2) is 36.5 Å². The van der Waals surface area contributed by atoms with Gasteiger partial charge in [0.15, 0.2) is 0 Å². The van der Waals surface area contributed by atoms with Crippen LogP contribution in [0.2, 0.25) is 0 Å². The molecule has 0 N–H and O–H groups in total. The second-order valence-electron chi connectivity index (χ2n) is 5.48. The van der Waals surface area contributed by atoms with Crippen molar-refractivity contribution in [1.82, 2.24) is 4.90 Å². The van der Waals surface area contributed by atoms with Crippen LogP contribution in [0.1, 0.15) is 31.7 Å². The number of likely N-dealkylation sites (tertiary alicyclic amines) is 1. The maximum atomic E-state index is 12.2. The number of carbonyl (C=O) groups is 2. The first-order valence-corrected chi connectivity index (χ1v) is 7.69. The highest BCUT2D eigenvalue weighted by atomic mass is 16.5. The van der Waals surface area contributed by atoms with Crippen LogP contribution in [0.4, 0.5) is 0 Å². The Balaban J connectivity index is 1.75. The van der Waals surface area contributed by atoms with Gasteiger partial charge in [0.05, 0.1) is 12.5 Å². The van der Waals surface area contributed by atoms with Crippen LogP contribution in [0.3, 0.4) is 0 Å². The predicted molar refractivity (Wildman–Crippen MR) is 80.7 cm³/mol. The van der Waals surface area contributed by atoms with Crippen LogP contribution < -0.4 is 0 Å². The molecule has 21 heavy (non-hydrogen) atoms. The van der Waals surface area contributed by atoms with Crippen LogP contribution in [0.15, 0.2) is 30.3 Å². The van der Waals surface area contributed by atoms with Crippen LogP contribution >= 0.6 is 0 Å². The third-order valence-electron chi connectivity index (χ3n) is 3.79. The SMILES string of the molecule is CCCOC(=O)C1CCN(C(=O)CCc2ccccc2)C1. The second-order valence-corrected chi connectivity index (χ2v) is 5.48. The van der Waals surface area contributed by atoms with Crippen molar-refractivity contribution in [3.8, 4) is 0 Å². The molecule has 1 aliphatic rings. The van der Waals surface area contributed by atoms with Crippen LogP contribution in [0.5, 0.6) is 0 Å². The molecule has 1 aromatic rings. The summed E-state index contributed by atoms with van der Waals surface area (Å²) in [7, 11) is 0. The topological polar surface area (TPSA) is 46.6 Å². The molecule has 4 heteroatoms. The molecule has 1 heterocycles. The van der Waals surface area contributed by atoms with E-state index in [2.05, 4.69) is 0 Å². The molecule has 1 aliphatic heterocycles. The number of nitrogens with zero attached hydrogens (tertiary/aromatic N) is 1. The van der Waals surface area contributed by atoms with Crippen molar-refractivity contribution >= 4 is 11.9 Å². The maximum Gasteiger partial charge on any atom is 0.310 e. The van der Waals surface area contributed by atoms with Crippen LogP contribution in [0, 0.1) is 5.92 Å². The first-order chi connectivity index (χ1) is 10.2. The average molecular weight is 289 g/mol. The molecular formula is C17H23NO3. The zero-order valence-corrected chi connectivity index (χ0v) is 12.6. The second kappa shape index (κ2) is 7.81. The molecule has 2 rings (SSSR count). The van der Waals surface area contributed by atoms with Crippen molar-refractivity contribution in [1.29, 1.82) is 0 Å². The Bertz CT molecular complexity index is 472. The first kappa shape index (κ1) is 15.5. The molecule has 1 unspecified atom stereocenters. The van der Waals surface area contributed by atoms with Crippen molar-refractivity contribution < 1.29 is 14.3 Å². The standard InChI is InChI=1S/C17H23NO3/c1-2-12-21-17(20)15-10-11-18(13-15)16(19)9-8-14-6-4-3-5-7-14/h3-7,15H,2,8-13H2,1H3. The average Bonchev–Trinajstić information content (AvgIpc) is 3.01. The molecule has 0 aromatic heterocycles. The lowest BCUT2D eigenvalue weighted by Gasteiger charge is -2.16. The number of benzene rings is 1. The molecule has 4 nitrogen and oxygen atoms in total. The highest BCUT2D eigenvalue weighted by molar-refractivity contribution is 5.79. The lowest BCUT2D eigenvalue weighted by molar-refractivity contribution is -0.148. The third kappa shape index (κ3) is 4.59. The van der Waals surface area contributed by atoms with Gasteiger partial charge in [-0.1, -0.05) is 37.3 Å². The summed E-state index contributed by atoms with van der Waals surface area (Å²) < 4.78 is 5.16. The molecule has 0 bridgehead atoms. The lowest BCUT2D eigenvalue weighted by atomic mass is 10.1. The van der Waals surface area contributed by atoms with Gasteiger partial charge < -0.3 is 9.64 Å². The Morgan fingerprint density at radius 1 is 1.29 bits per heavy atom. The normalized spacial score (nSPS) is 17.8. The van der Waals surface area contributed by atoms with Crippen molar-refractivity contribution in [2.24, 2.45) is 5.92 Å². The first-order valence-electron chi connectivity index (χ1n) is 7.69. The molecule has 1 saturated heterocycles. The summed E-state index contributed by atoms with van der Waals surface area (Å²) in [4.78, 5) is 25.8. The van der Waals surface area contributed by atoms with Crippen molar-refractivity contribution in [2.45, 2.75) is 32.6 Å². The van der Waals surface area contributed by atoms with E-state index in [1.165, 1.54) is 5.56 Å². The molecule has 114 valence electrons. The molecule has 0 radical (unpaired) electrons. The van der Waals surface area contributed by atoms with Gasteiger partial charge in [0.1, 0.15) is 0 Å². The van der Waals surface area contributed by atoms with Gasteiger partial charge in [-0.05, 0) is 24.8 Å². The number of hydrogen-bond acceptors (Lipinski definition) is 3. The smallest absolute Gasteiger partial charge is 0.310 e. The Morgan fingerprint density at radius 3 is 2.76 bits per heavy atom. The van der Waals surface area contributed by atoms with Gasteiger partial charge in [-0.2, -0.15) is 0 Å². The van der Waals surface area contributed by atoms with E-state index in [1.54, 1.807) is 4.90 Å². The number of carbonyl (C=O) groups excluding carboxylic acids is 2. The summed E-state index contributed by atoms with van der Waals surface area (Å²) in [5, 5.41) is 0. The number of ether oxygens (including phenoxy) is 1. The lowest BCUT2D eigenvalue weighted by Crippen LogP contribution is -2.30. The highest BCUT2D eigenvalue weighted by Crippen LogP contribution is 2.19. The minimum atomic E-state index is -0.157. The molecule has 1 fully saturated rings. The van der Waals surface area contributed by atoms with Gasteiger partial charge in [-0.15, -0.1) is 0 Å². The minimum absolute atomic E-state index is 0.129. The Labute approximate surface area is 126 Å². The van der Waals surface area contributed by atoms with Gasteiger partial charge in [0.25, 0.3) is 0 Å². The molecule has 0 aliphatic carbocycles. The quantitative estimate of drug-likeness (QED) is 0.756. The fourth-order valence-corrected chi connectivity index (χ4v) is 2.55. The molecule has 1 aromatic carbocycles. The van der Waals surface area contributed by atoms with E-state index in [4.69, 9.17) is 4.74 Å². The summed E-state index contributed by atoms with van der Waals surface area (Å²) in [5.41, 5.74) is 1.17. The molecular weight excluding hydrogens is 266 g/mol. The summed E-state index contributed by atoms with van der Waals surface area (Å²) in [6.45, 7) is 3.62. The highest BCUT2D eigenvalue weighted by Gasteiger charge is 2.31. The summed E-state index contributed by atoms with van der Waals surface area (Å²) in [5.74, 6) is -0.169. The maximum absolute atomic E-state index is 12.2. The summed E-state index contributed by atoms with van der Waals surface area (Å²) >= 11 is 0. The monoisotopic (exact) mass is 289 g/mol. The molecule has 1 atom stereocenters. The zero-order chi connectivity index (χ0) is 15.1. The van der Waals surface area contributed by atoms with E-state index in [9.17, 15) is 9.59 Å². The molecule has 0 spiro atoms. The largest absolute Gasteiger partial charge is 0.465 e. The zero-order valence-electron chi connectivity index (χ0n) is 12.6. The van der Waals surface area contributed by atoms with Gasteiger partial charge in [0.2, 0.25) is 5.91 Å². The summed E-state index contributed by atoms with van der Waals surface area (Å²) in [6.07, 6.45) is 2.81. The number of hydrogen-bond donors (Lipinski definition) is 0. The van der Waals surface area contributed by atoms with E-state index in [0.29, 0.717) is 26.1 Å². The van der Waals surface area contributed by atoms with Gasteiger partial charge in [0, 0.05) is 19.5 Å². The van der Waals surface area contributed by atoms with Crippen LogP contribution in [-0.2, 0) is 20.7 Å². The minimum Gasteiger partial charge on any atom is -0.465 e. The fourth-order valence-electron chi connectivity index (χ4n) is 2.55. The number of rotatable bonds is 6. The Hall–Kier alpha value is -1.84. The van der Waals surface area contributed by atoms with E-state index >= 15 is 0 Å². The van der Waals surface area contributed by atoms with Crippen LogP contribution in [0.25, 0.3) is 0 Å². The van der Waals surface area contributed by atoms with E-state index in [1.807, 2.05) is 37.3 Å². The Morgan fingerprint density at radius 2 is 2.05 bits per heavy atom. The number of aryl methyl sites for hydroxylation is 1.